The van der Waals surface area contributed by atoms with Gasteiger partial charge in [-0.15, -0.1) is 11.8 Å². The standard InChI is InChI=1S/C22H28N2O3S2/c1-16-7-9-19(13-18(16)3)28-15-22(25)23-21-14-20(10-8-17(21)2)29(26,27)24-11-5-4-6-12-24/h7-10,13-14H,4-6,11-12,15H2,1-3H3,(H,23,25). The van der Waals surface area contributed by atoms with Gasteiger partial charge in [0.05, 0.1) is 10.6 Å². The van der Waals surface area contributed by atoms with Crippen LogP contribution in [0.25, 0.3) is 0 Å². The number of aryl methyl sites for hydroxylation is 3. The molecule has 0 atom stereocenters. The summed E-state index contributed by atoms with van der Waals surface area (Å²) in [7, 11) is -3.52. The van der Waals surface area contributed by atoms with Crippen LogP contribution in [0.5, 0.6) is 0 Å². The minimum Gasteiger partial charge on any atom is -0.325 e. The van der Waals surface area contributed by atoms with Crippen LogP contribution in [0.3, 0.4) is 0 Å². The van der Waals surface area contributed by atoms with E-state index < -0.39 is 10.0 Å². The maximum atomic E-state index is 12.9. The molecule has 1 heterocycles. The molecule has 0 bridgehead atoms. The molecule has 0 radical (unpaired) electrons. The molecule has 3 rings (SSSR count). The van der Waals surface area contributed by atoms with Crippen molar-refractivity contribution in [2.24, 2.45) is 0 Å². The van der Waals surface area contributed by atoms with Gasteiger partial charge in [-0.1, -0.05) is 18.6 Å². The van der Waals surface area contributed by atoms with Crippen LogP contribution < -0.4 is 5.32 Å². The Balaban J connectivity index is 1.69. The summed E-state index contributed by atoms with van der Waals surface area (Å²) in [6.45, 7) is 7.10. The summed E-state index contributed by atoms with van der Waals surface area (Å²) in [5.74, 6) is 0.120. The van der Waals surface area contributed by atoms with E-state index in [1.165, 1.54) is 22.9 Å². The highest BCUT2D eigenvalue weighted by Crippen LogP contribution is 2.26. The molecule has 1 saturated heterocycles. The average Bonchev–Trinajstić information content (AvgIpc) is 2.71. The molecule has 2 aromatic rings. The smallest absolute Gasteiger partial charge is 0.243 e. The molecule has 1 amide bonds. The van der Waals surface area contributed by atoms with Gasteiger partial charge in [-0.05, 0) is 74.6 Å². The van der Waals surface area contributed by atoms with Crippen molar-refractivity contribution in [1.82, 2.24) is 4.31 Å². The van der Waals surface area contributed by atoms with Crippen LogP contribution in [-0.2, 0) is 14.8 Å². The van der Waals surface area contributed by atoms with Gasteiger partial charge in [-0.25, -0.2) is 8.42 Å². The molecule has 7 heteroatoms. The fourth-order valence-corrected chi connectivity index (χ4v) is 5.63. The van der Waals surface area contributed by atoms with Crippen LogP contribution in [0.1, 0.15) is 36.0 Å². The number of sulfonamides is 1. The lowest BCUT2D eigenvalue weighted by Gasteiger charge is -2.26. The van der Waals surface area contributed by atoms with Gasteiger partial charge in [0, 0.05) is 23.7 Å². The quantitative estimate of drug-likeness (QED) is 0.682. The first-order valence-electron chi connectivity index (χ1n) is 9.88. The Hall–Kier alpha value is -1.83. The Morgan fingerprint density at radius 1 is 0.966 bits per heavy atom. The van der Waals surface area contributed by atoms with Crippen LogP contribution in [0.4, 0.5) is 5.69 Å². The first kappa shape index (κ1) is 21.9. The van der Waals surface area contributed by atoms with Crippen molar-refractivity contribution in [2.45, 2.75) is 49.8 Å². The molecule has 0 unspecified atom stereocenters. The van der Waals surface area contributed by atoms with Gasteiger partial charge in [0.2, 0.25) is 15.9 Å². The third kappa shape index (κ3) is 5.41. The van der Waals surface area contributed by atoms with Crippen LogP contribution in [0.2, 0.25) is 0 Å². The van der Waals surface area contributed by atoms with Crippen molar-refractivity contribution in [2.75, 3.05) is 24.2 Å². The summed E-state index contributed by atoms with van der Waals surface area (Å²) in [6, 6.07) is 11.1. The summed E-state index contributed by atoms with van der Waals surface area (Å²) < 4.78 is 27.4. The number of carbonyl (C=O) groups excluding carboxylic acids is 1. The fourth-order valence-electron chi connectivity index (χ4n) is 3.29. The van der Waals surface area contributed by atoms with Crippen LogP contribution >= 0.6 is 11.8 Å². The number of rotatable bonds is 6. The number of benzene rings is 2. The normalized spacial score (nSPS) is 15.3. The summed E-state index contributed by atoms with van der Waals surface area (Å²) >= 11 is 1.47. The number of hydrogen-bond acceptors (Lipinski definition) is 4. The third-order valence-electron chi connectivity index (χ3n) is 5.28. The summed E-state index contributed by atoms with van der Waals surface area (Å²) in [4.78, 5) is 13.7. The minimum atomic E-state index is -3.52. The SMILES string of the molecule is Cc1ccc(SCC(=O)Nc2cc(S(=O)(=O)N3CCCCC3)ccc2C)cc1C. The molecule has 5 nitrogen and oxygen atoms in total. The molecular weight excluding hydrogens is 404 g/mol. The Morgan fingerprint density at radius 3 is 2.34 bits per heavy atom. The van der Waals surface area contributed by atoms with E-state index in [1.807, 2.05) is 13.0 Å². The predicted molar refractivity (Wildman–Crippen MR) is 119 cm³/mol. The molecule has 1 aliphatic heterocycles. The van der Waals surface area contributed by atoms with Crippen LogP contribution in [0.15, 0.2) is 46.2 Å². The van der Waals surface area contributed by atoms with Gasteiger partial charge in [-0.2, -0.15) is 4.31 Å². The van der Waals surface area contributed by atoms with Crippen LogP contribution in [-0.4, -0.2) is 37.5 Å². The number of anilines is 1. The second-order valence-corrected chi connectivity index (χ2v) is 10.5. The zero-order chi connectivity index (χ0) is 21.0. The van der Waals surface area contributed by atoms with Crippen molar-refractivity contribution in [3.8, 4) is 0 Å². The number of thioether (sulfide) groups is 1. The molecule has 0 saturated carbocycles. The van der Waals surface area contributed by atoms with E-state index in [0.717, 1.165) is 29.7 Å². The van der Waals surface area contributed by atoms with Gasteiger partial charge in [0.1, 0.15) is 0 Å². The van der Waals surface area contributed by atoms with Gasteiger partial charge in [-0.3, -0.25) is 4.79 Å². The highest BCUT2D eigenvalue weighted by Gasteiger charge is 2.26. The second kappa shape index (κ2) is 9.32. The lowest BCUT2D eigenvalue weighted by Crippen LogP contribution is -2.35. The molecule has 0 aliphatic carbocycles. The largest absolute Gasteiger partial charge is 0.325 e. The lowest BCUT2D eigenvalue weighted by atomic mass is 10.1. The van der Waals surface area contributed by atoms with Crippen molar-refractivity contribution in [3.63, 3.8) is 0 Å². The maximum absolute atomic E-state index is 12.9. The van der Waals surface area contributed by atoms with Crippen molar-refractivity contribution >= 4 is 33.4 Å². The first-order chi connectivity index (χ1) is 13.8. The number of hydrogen-bond donors (Lipinski definition) is 1. The van der Waals surface area contributed by atoms with Crippen molar-refractivity contribution in [3.05, 3.63) is 53.1 Å². The predicted octanol–water partition coefficient (Wildman–Crippen LogP) is 4.52. The molecule has 0 aromatic heterocycles. The molecule has 29 heavy (non-hydrogen) atoms. The monoisotopic (exact) mass is 432 g/mol. The number of piperidine rings is 1. The van der Waals surface area contributed by atoms with E-state index in [2.05, 4.69) is 31.3 Å². The summed E-state index contributed by atoms with van der Waals surface area (Å²) in [5.41, 5.74) is 3.81. The van der Waals surface area contributed by atoms with Gasteiger partial charge in [0.25, 0.3) is 0 Å². The number of nitrogens with one attached hydrogen (secondary N) is 1. The summed E-state index contributed by atoms with van der Waals surface area (Å²) in [6.07, 6.45) is 2.86. The van der Waals surface area contributed by atoms with E-state index in [9.17, 15) is 13.2 Å². The number of amides is 1. The van der Waals surface area contributed by atoms with E-state index in [1.54, 1.807) is 22.5 Å². The molecule has 1 aliphatic rings. The summed E-state index contributed by atoms with van der Waals surface area (Å²) in [5, 5.41) is 2.88. The Labute approximate surface area is 177 Å². The minimum absolute atomic E-state index is 0.149. The van der Waals surface area contributed by atoms with Gasteiger partial charge < -0.3 is 5.32 Å². The number of carbonyl (C=O) groups is 1. The van der Waals surface area contributed by atoms with E-state index >= 15 is 0 Å². The lowest BCUT2D eigenvalue weighted by molar-refractivity contribution is -0.113. The first-order valence-corrected chi connectivity index (χ1v) is 12.3. The van der Waals surface area contributed by atoms with Gasteiger partial charge >= 0.3 is 0 Å². The van der Waals surface area contributed by atoms with E-state index in [4.69, 9.17) is 0 Å². The molecule has 1 N–H and O–H groups in total. The Bertz CT molecular complexity index is 997. The van der Waals surface area contributed by atoms with Crippen molar-refractivity contribution in [1.29, 1.82) is 0 Å². The van der Waals surface area contributed by atoms with Gasteiger partial charge in [0.15, 0.2) is 0 Å². The van der Waals surface area contributed by atoms with Crippen molar-refractivity contribution < 1.29 is 13.2 Å². The maximum Gasteiger partial charge on any atom is 0.243 e. The number of nitrogens with zero attached hydrogens (tertiary/aromatic N) is 1. The fraction of sp³-hybridized carbons (Fsp3) is 0.409. The molecule has 2 aromatic carbocycles. The highest BCUT2D eigenvalue weighted by molar-refractivity contribution is 8.00. The Kier molecular flexibility index (Phi) is 7.03. The van der Waals surface area contributed by atoms with E-state index in [-0.39, 0.29) is 16.6 Å². The average molecular weight is 433 g/mol. The highest BCUT2D eigenvalue weighted by atomic mass is 32.2. The molecule has 0 spiro atoms. The molecule has 1 fully saturated rings. The van der Waals surface area contributed by atoms with E-state index in [0.29, 0.717) is 18.8 Å². The second-order valence-electron chi connectivity index (χ2n) is 7.52. The zero-order valence-electron chi connectivity index (χ0n) is 17.2. The van der Waals surface area contributed by atoms with Crippen LogP contribution in [0, 0.1) is 20.8 Å². The zero-order valence-corrected chi connectivity index (χ0v) is 18.8. The topological polar surface area (TPSA) is 66.5 Å². The Morgan fingerprint density at radius 2 is 1.66 bits per heavy atom. The molecular formula is C22H28N2O3S2. The third-order valence-corrected chi connectivity index (χ3v) is 8.17. The molecule has 156 valence electrons.